The molecule has 3 N–H and O–H groups in total. The van der Waals surface area contributed by atoms with Crippen molar-refractivity contribution in [2.45, 2.75) is 52.6 Å². The van der Waals surface area contributed by atoms with Crippen molar-refractivity contribution in [1.29, 1.82) is 0 Å². The van der Waals surface area contributed by atoms with E-state index in [-0.39, 0.29) is 0 Å². The number of hydrazine groups is 1. The van der Waals surface area contributed by atoms with E-state index in [2.05, 4.69) is 36.2 Å². The van der Waals surface area contributed by atoms with Gasteiger partial charge in [-0.25, -0.2) is 15.8 Å². The Morgan fingerprint density at radius 1 is 1.39 bits per heavy atom. The molecule has 0 aromatic carbocycles. The van der Waals surface area contributed by atoms with Gasteiger partial charge in [0.2, 0.25) is 0 Å². The minimum Gasteiger partial charge on any atom is -0.368 e. The van der Waals surface area contributed by atoms with Crippen LogP contribution in [0.4, 0.5) is 5.82 Å². The van der Waals surface area contributed by atoms with Crippen molar-refractivity contribution in [1.82, 2.24) is 9.97 Å². The molecule has 0 spiro atoms. The van der Waals surface area contributed by atoms with Crippen LogP contribution in [0.5, 0.6) is 0 Å². The van der Waals surface area contributed by atoms with Crippen LogP contribution in [0.25, 0.3) is 0 Å². The molecule has 5 heteroatoms. The van der Waals surface area contributed by atoms with Gasteiger partial charge >= 0.3 is 0 Å². The van der Waals surface area contributed by atoms with Crippen LogP contribution in [0, 0.1) is 0 Å². The lowest BCUT2D eigenvalue weighted by Gasteiger charge is -2.27. The van der Waals surface area contributed by atoms with Gasteiger partial charge in [0.25, 0.3) is 0 Å². The summed E-state index contributed by atoms with van der Waals surface area (Å²) in [6.07, 6.45) is 0.812. The van der Waals surface area contributed by atoms with Crippen LogP contribution in [0.1, 0.15) is 58.5 Å². The molecular weight excluding hydrogens is 228 g/mol. The third-order valence-electron chi connectivity index (χ3n) is 3.10. The molecule has 0 radical (unpaired) electrons. The molecule has 0 saturated heterocycles. The molecule has 0 bridgehead atoms. The molecule has 18 heavy (non-hydrogen) atoms. The molecule has 0 saturated carbocycles. The summed E-state index contributed by atoms with van der Waals surface area (Å²) in [7, 11) is 0. The number of nitrogens with zero attached hydrogens (tertiary/aromatic N) is 2. The van der Waals surface area contributed by atoms with E-state index in [1.165, 1.54) is 0 Å². The number of nitrogens with one attached hydrogen (secondary N) is 1. The first kappa shape index (κ1) is 14.9. The first-order valence-electron chi connectivity index (χ1n) is 6.46. The molecule has 0 fully saturated rings. The molecule has 1 heterocycles. The summed E-state index contributed by atoms with van der Waals surface area (Å²) < 4.78 is 5.81. The number of nitrogens with two attached hydrogens (primary N) is 1. The van der Waals surface area contributed by atoms with Gasteiger partial charge < -0.3 is 10.2 Å². The number of nitrogen functional groups attached to an aromatic ring is 1. The highest BCUT2D eigenvalue weighted by Crippen LogP contribution is 2.28. The monoisotopic (exact) mass is 252 g/mol. The van der Waals surface area contributed by atoms with Crippen molar-refractivity contribution >= 4 is 5.82 Å². The third kappa shape index (κ3) is 3.17. The highest BCUT2D eigenvalue weighted by molar-refractivity contribution is 5.36. The van der Waals surface area contributed by atoms with E-state index in [0.29, 0.717) is 24.2 Å². The summed E-state index contributed by atoms with van der Waals surface area (Å²) >= 11 is 0. The maximum atomic E-state index is 5.81. The number of aromatic nitrogens is 2. The summed E-state index contributed by atoms with van der Waals surface area (Å²) in [5.74, 6) is 7.10. The van der Waals surface area contributed by atoms with Crippen molar-refractivity contribution in [3.63, 3.8) is 0 Å². The van der Waals surface area contributed by atoms with Crippen LogP contribution in [0.3, 0.4) is 0 Å². The topological polar surface area (TPSA) is 73.1 Å². The number of hydrogen-bond acceptors (Lipinski definition) is 5. The van der Waals surface area contributed by atoms with E-state index in [9.17, 15) is 0 Å². The molecule has 0 amide bonds. The molecule has 1 aromatic rings. The Hall–Kier alpha value is -1.20. The van der Waals surface area contributed by atoms with Crippen molar-refractivity contribution in [2.24, 2.45) is 5.84 Å². The molecule has 0 aliphatic heterocycles. The maximum absolute atomic E-state index is 5.81. The van der Waals surface area contributed by atoms with Gasteiger partial charge in [0, 0.05) is 18.4 Å². The Bertz CT molecular complexity index is 395. The summed E-state index contributed by atoms with van der Waals surface area (Å²) in [4.78, 5) is 9.03. The average Bonchev–Trinajstić information content (AvgIpc) is 2.38. The Kier molecular flexibility index (Phi) is 5.04. The molecule has 1 unspecified atom stereocenters. The van der Waals surface area contributed by atoms with Gasteiger partial charge in [0.15, 0.2) is 5.82 Å². The van der Waals surface area contributed by atoms with Gasteiger partial charge in [-0.15, -0.1) is 0 Å². The summed E-state index contributed by atoms with van der Waals surface area (Å²) in [5, 5.41) is 0. The van der Waals surface area contributed by atoms with Crippen LogP contribution in [0.2, 0.25) is 0 Å². The first-order valence-corrected chi connectivity index (χ1v) is 6.46. The SMILES string of the molecule is CCOC(C)(CC)c1nc(NN)cc(C(C)C)n1. The highest BCUT2D eigenvalue weighted by Gasteiger charge is 2.29. The van der Waals surface area contributed by atoms with Crippen LogP contribution in [0.15, 0.2) is 6.07 Å². The lowest BCUT2D eigenvalue weighted by molar-refractivity contribution is -0.0391. The second kappa shape index (κ2) is 6.11. The standard InChI is InChI=1S/C13H24N4O/c1-6-13(5,18-7-2)12-15-10(9(3)4)8-11(16-12)17-14/h8-9H,6-7,14H2,1-5H3,(H,15,16,17). The van der Waals surface area contributed by atoms with Crippen molar-refractivity contribution in [3.05, 3.63) is 17.6 Å². The molecule has 5 nitrogen and oxygen atoms in total. The summed E-state index contributed by atoms with van der Waals surface area (Å²) in [6, 6.07) is 1.87. The molecule has 0 aliphatic carbocycles. The zero-order chi connectivity index (χ0) is 13.8. The Morgan fingerprint density at radius 3 is 2.50 bits per heavy atom. The maximum Gasteiger partial charge on any atom is 0.162 e. The fourth-order valence-corrected chi connectivity index (χ4v) is 1.72. The second-order valence-corrected chi connectivity index (χ2v) is 4.82. The van der Waals surface area contributed by atoms with Crippen LogP contribution < -0.4 is 11.3 Å². The Balaban J connectivity index is 3.25. The van der Waals surface area contributed by atoms with Crippen LogP contribution in [-0.4, -0.2) is 16.6 Å². The lowest BCUT2D eigenvalue weighted by atomic mass is 10.0. The van der Waals surface area contributed by atoms with Gasteiger partial charge in [-0.3, -0.25) is 0 Å². The normalized spacial score (nSPS) is 14.6. The van der Waals surface area contributed by atoms with Gasteiger partial charge in [0.05, 0.1) is 0 Å². The quantitative estimate of drug-likeness (QED) is 0.601. The van der Waals surface area contributed by atoms with Gasteiger partial charge in [-0.1, -0.05) is 20.8 Å². The predicted molar refractivity (Wildman–Crippen MR) is 73.2 cm³/mol. The van der Waals surface area contributed by atoms with Gasteiger partial charge in [-0.05, 0) is 26.2 Å². The van der Waals surface area contributed by atoms with Gasteiger partial charge in [0.1, 0.15) is 11.4 Å². The fraction of sp³-hybridized carbons (Fsp3) is 0.692. The third-order valence-corrected chi connectivity index (χ3v) is 3.10. The van der Waals surface area contributed by atoms with E-state index in [0.717, 1.165) is 12.1 Å². The molecule has 102 valence electrons. The lowest BCUT2D eigenvalue weighted by Crippen LogP contribution is -2.29. The summed E-state index contributed by atoms with van der Waals surface area (Å²) in [5.41, 5.74) is 3.09. The predicted octanol–water partition coefficient (Wildman–Crippen LogP) is 2.55. The zero-order valence-corrected chi connectivity index (χ0v) is 11.9. The van der Waals surface area contributed by atoms with E-state index in [1.807, 2.05) is 19.9 Å². The smallest absolute Gasteiger partial charge is 0.162 e. The Morgan fingerprint density at radius 2 is 2.06 bits per heavy atom. The van der Waals surface area contributed by atoms with E-state index in [1.54, 1.807) is 0 Å². The van der Waals surface area contributed by atoms with Crippen molar-refractivity contribution in [3.8, 4) is 0 Å². The molecule has 1 rings (SSSR count). The van der Waals surface area contributed by atoms with E-state index >= 15 is 0 Å². The number of ether oxygens (including phenoxy) is 1. The minimum absolute atomic E-state index is 0.321. The zero-order valence-electron chi connectivity index (χ0n) is 11.9. The Labute approximate surface area is 109 Å². The van der Waals surface area contributed by atoms with E-state index < -0.39 is 5.60 Å². The van der Waals surface area contributed by atoms with Crippen molar-refractivity contribution in [2.75, 3.05) is 12.0 Å². The van der Waals surface area contributed by atoms with Gasteiger partial charge in [-0.2, -0.15) is 0 Å². The number of rotatable bonds is 6. The van der Waals surface area contributed by atoms with Crippen LogP contribution in [-0.2, 0) is 10.3 Å². The largest absolute Gasteiger partial charge is 0.368 e. The minimum atomic E-state index is -0.467. The number of hydrogen-bond donors (Lipinski definition) is 2. The molecule has 1 aromatic heterocycles. The average molecular weight is 252 g/mol. The second-order valence-electron chi connectivity index (χ2n) is 4.82. The molecule has 1 atom stereocenters. The highest BCUT2D eigenvalue weighted by atomic mass is 16.5. The summed E-state index contributed by atoms with van der Waals surface area (Å²) in [6.45, 7) is 10.9. The molecule has 0 aliphatic rings. The first-order chi connectivity index (χ1) is 8.46. The molecular formula is C13H24N4O. The van der Waals surface area contributed by atoms with Crippen LogP contribution >= 0.6 is 0 Å². The van der Waals surface area contributed by atoms with Crippen molar-refractivity contribution < 1.29 is 4.74 Å². The fourth-order valence-electron chi connectivity index (χ4n) is 1.72. The van der Waals surface area contributed by atoms with E-state index in [4.69, 9.17) is 10.6 Å². The number of anilines is 1.